The molecule has 5 heterocycles. The van der Waals surface area contributed by atoms with Gasteiger partial charge in [-0.2, -0.15) is 0 Å². The van der Waals surface area contributed by atoms with E-state index < -0.39 is 0 Å². The van der Waals surface area contributed by atoms with Gasteiger partial charge in [0.1, 0.15) is 35.1 Å². The van der Waals surface area contributed by atoms with E-state index in [9.17, 15) is 0 Å². The van der Waals surface area contributed by atoms with E-state index in [0.717, 1.165) is 93.8 Å². The van der Waals surface area contributed by atoms with Crippen molar-refractivity contribution in [2.24, 2.45) is 7.05 Å². The van der Waals surface area contributed by atoms with Crippen molar-refractivity contribution >= 4 is 65.8 Å². The Labute approximate surface area is 262 Å². The van der Waals surface area contributed by atoms with E-state index in [1.54, 1.807) is 12.7 Å². The van der Waals surface area contributed by atoms with Crippen LogP contribution in [0.3, 0.4) is 0 Å². The predicted molar refractivity (Wildman–Crippen MR) is 184 cm³/mol. The van der Waals surface area contributed by atoms with Crippen LogP contribution in [0.15, 0.2) is 133 Å². The SMILES string of the molecule is Cn1c2ncncc2c2c(-c3ccccc3)c(-c3ccccc3)c3c4cncnc4n(-c4ccc5oc6ccccc6c5c4)c3c21. The minimum absolute atomic E-state index is 0.831. The Balaban J connectivity index is 1.50. The summed E-state index contributed by atoms with van der Waals surface area (Å²) in [4.78, 5) is 18.8. The molecular weight excluding hydrogens is 568 g/mol. The van der Waals surface area contributed by atoms with Gasteiger partial charge in [-0.1, -0.05) is 78.9 Å². The molecule has 0 unspecified atom stereocenters. The summed E-state index contributed by atoms with van der Waals surface area (Å²) in [5.74, 6) is 0. The smallest absolute Gasteiger partial charge is 0.149 e. The summed E-state index contributed by atoms with van der Waals surface area (Å²) in [5, 5.41) is 6.30. The fraction of sp³-hybridized carbons (Fsp3) is 0.0256. The lowest BCUT2D eigenvalue weighted by molar-refractivity contribution is 0.669. The fourth-order valence-corrected chi connectivity index (χ4v) is 7.34. The molecule has 5 aromatic heterocycles. The standard InChI is InChI=1S/C39H24N6O/c1-44-36-34(28-19-40-21-42-38(28)44)32(23-10-4-2-5-11-23)33(24-12-6-3-7-13-24)35-29-20-41-22-43-39(29)45(37(35)36)25-16-17-31-27(18-25)26-14-8-9-15-30(26)46-31/h2-22H,1H3. The van der Waals surface area contributed by atoms with Gasteiger partial charge in [-0.15, -0.1) is 0 Å². The first-order valence-electron chi connectivity index (χ1n) is 15.2. The number of hydrogen-bond donors (Lipinski definition) is 0. The van der Waals surface area contributed by atoms with E-state index in [4.69, 9.17) is 14.4 Å². The lowest BCUT2D eigenvalue weighted by atomic mass is 9.87. The molecule has 0 aliphatic heterocycles. The Morgan fingerprint density at radius 3 is 1.85 bits per heavy atom. The molecule has 5 aromatic carbocycles. The summed E-state index contributed by atoms with van der Waals surface area (Å²) in [6.45, 7) is 0. The lowest BCUT2D eigenvalue weighted by Crippen LogP contribution is -1.99. The number of benzene rings is 5. The Kier molecular flexibility index (Phi) is 5.08. The Bertz CT molecular complexity index is 2810. The molecule has 0 aliphatic rings. The van der Waals surface area contributed by atoms with Crippen LogP contribution >= 0.6 is 0 Å². The number of nitrogens with zero attached hydrogens (tertiary/aromatic N) is 6. The van der Waals surface area contributed by atoms with E-state index in [2.05, 4.69) is 117 Å². The molecular formula is C39H24N6O. The zero-order valence-electron chi connectivity index (χ0n) is 24.7. The highest BCUT2D eigenvalue weighted by Crippen LogP contribution is 2.50. The van der Waals surface area contributed by atoms with Crippen molar-refractivity contribution in [3.05, 3.63) is 128 Å². The van der Waals surface area contributed by atoms with Crippen LogP contribution in [0, 0.1) is 0 Å². The van der Waals surface area contributed by atoms with Crippen molar-refractivity contribution in [3.63, 3.8) is 0 Å². The lowest BCUT2D eigenvalue weighted by Gasteiger charge is -2.17. The number of hydrogen-bond acceptors (Lipinski definition) is 5. The van der Waals surface area contributed by atoms with Gasteiger partial charge >= 0.3 is 0 Å². The first-order valence-corrected chi connectivity index (χ1v) is 15.2. The van der Waals surface area contributed by atoms with Crippen LogP contribution in [0.25, 0.3) is 93.8 Å². The van der Waals surface area contributed by atoms with Gasteiger partial charge in [0.2, 0.25) is 0 Å². The molecule has 0 radical (unpaired) electrons. The first-order chi connectivity index (χ1) is 22.8. The zero-order chi connectivity index (χ0) is 30.4. The second-order valence-electron chi connectivity index (χ2n) is 11.6. The molecule has 10 rings (SSSR count). The second-order valence-corrected chi connectivity index (χ2v) is 11.6. The molecule has 10 aromatic rings. The van der Waals surface area contributed by atoms with Crippen molar-refractivity contribution in [2.45, 2.75) is 0 Å². The zero-order valence-corrected chi connectivity index (χ0v) is 24.7. The van der Waals surface area contributed by atoms with Gasteiger partial charge in [0.05, 0.1) is 11.0 Å². The Morgan fingerprint density at radius 1 is 0.543 bits per heavy atom. The normalized spacial score (nSPS) is 12.0. The molecule has 0 saturated heterocycles. The maximum absolute atomic E-state index is 6.22. The molecule has 7 nitrogen and oxygen atoms in total. The molecule has 0 saturated carbocycles. The predicted octanol–water partition coefficient (Wildman–Crippen LogP) is 9.24. The fourth-order valence-electron chi connectivity index (χ4n) is 7.34. The van der Waals surface area contributed by atoms with Gasteiger partial charge in [-0.05, 0) is 35.4 Å². The molecule has 46 heavy (non-hydrogen) atoms. The van der Waals surface area contributed by atoms with Crippen molar-refractivity contribution < 1.29 is 4.42 Å². The summed E-state index contributed by atoms with van der Waals surface area (Å²) in [7, 11) is 2.09. The Hall–Kier alpha value is -6.34. The third-order valence-electron chi connectivity index (χ3n) is 9.20. The van der Waals surface area contributed by atoms with Crippen LogP contribution in [-0.2, 0) is 7.05 Å². The van der Waals surface area contributed by atoms with E-state index >= 15 is 0 Å². The van der Waals surface area contributed by atoms with Gasteiger partial charge in [-0.25, -0.2) is 19.9 Å². The van der Waals surface area contributed by atoms with E-state index in [0.29, 0.717) is 0 Å². The third kappa shape index (κ3) is 3.31. The number of furan rings is 1. The average Bonchev–Trinajstić information content (AvgIpc) is 3.76. The molecule has 0 N–H and O–H groups in total. The number of aryl methyl sites for hydroxylation is 1. The highest BCUT2D eigenvalue weighted by atomic mass is 16.3. The van der Waals surface area contributed by atoms with Crippen LogP contribution in [0.4, 0.5) is 0 Å². The highest BCUT2D eigenvalue weighted by Gasteiger charge is 2.28. The van der Waals surface area contributed by atoms with Gasteiger partial charge in [0, 0.05) is 68.6 Å². The third-order valence-corrected chi connectivity index (χ3v) is 9.20. The van der Waals surface area contributed by atoms with Gasteiger partial charge < -0.3 is 8.98 Å². The molecule has 0 atom stereocenters. The van der Waals surface area contributed by atoms with Gasteiger partial charge in [0.25, 0.3) is 0 Å². The molecule has 0 aliphatic carbocycles. The maximum Gasteiger partial charge on any atom is 0.149 e. The van der Waals surface area contributed by atoms with Crippen molar-refractivity contribution in [3.8, 4) is 27.9 Å². The van der Waals surface area contributed by atoms with Gasteiger partial charge in [0.15, 0.2) is 0 Å². The van der Waals surface area contributed by atoms with E-state index in [1.807, 2.05) is 24.5 Å². The van der Waals surface area contributed by atoms with Crippen LogP contribution in [0.2, 0.25) is 0 Å². The largest absolute Gasteiger partial charge is 0.456 e. The van der Waals surface area contributed by atoms with E-state index in [1.165, 1.54) is 0 Å². The first kappa shape index (κ1) is 25.0. The van der Waals surface area contributed by atoms with Gasteiger partial charge in [-0.3, -0.25) is 4.57 Å². The quantitative estimate of drug-likeness (QED) is 0.204. The summed E-state index contributed by atoms with van der Waals surface area (Å²) >= 11 is 0. The maximum atomic E-state index is 6.22. The highest BCUT2D eigenvalue weighted by molar-refractivity contribution is 6.32. The Morgan fingerprint density at radius 2 is 1.13 bits per heavy atom. The van der Waals surface area contributed by atoms with Crippen LogP contribution in [-0.4, -0.2) is 29.1 Å². The number of rotatable bonds is 3. The molecule has 7 heteroatoms. The van der Waals surface area contributed by atoms with Crippen LogP contribution in [0.1, 0.15) is 0 Å². The molecule has 0 fully saturated rings. The topological polar surface area (TPSA) is 74.6 Å². The monoisotopic (exact) mass is 592 g/mol. The van der Waals surface area contributed by atoms with Crippen LogP contribution in [0.5, 0.6) is 0 Å². The van der Waals surface area contributed by atoms with Crippen molar-refractivity contribution in [1.29, 1.82) is 0 Å². The summed E-state index contributed by atoms with van der Waals surface area (Å²) in [6.07, 6.45) is 7.14. The number of para-hydroxylation sites is 1. The van der Waals surface area contributed by atoms with Crippen LogP contribution < -0.4 is 0 Å². The summed E-state index contributed by atoms with van der Waals surface area (Å²) in [5.41, 5.74) is 11.0. The number of fused-ring (bicyclic) bond motifs is 10. The molecule has 0 bridgehead atoms. The molecule has 0 spiro atoms. The average molecular weight is 593 g/mol. The van der Waals surface area contributed by atoms with E-state index in [-0.39, 0.29) is 0 Å². The van der Waals surface area contributed by atoms with Crippen molar-refractivity contribution in [1.82, 2.24) is 29.1 Å². The molecule has 0 amide bonds. The van der Waals surface area contributed by atoms with Crippen molar-refractivity contribution in [2.75, 3.05) is 0 Å². The second kappa shape index (κ2) is 9.33. The minimum atomic E-state index is 0.831. The molecule has 216 valence electrons. The summed E-state index contributed by atoms with van der Waals surface area (Å²) in [6, 6.07) is 35.8. The summed E-state index contributed by atoms with van der Waals surface area (Å²) < 4.78 is 10.7. The number of aromatic nitrogens is 6. The minimum Gasteiger partial charge on any atom is -0.456 e.